The van der Waals surface area contributed by atoms with Crippen LogP contribution >= 0.6 is 0 Å². The summed E-state index contributed by atoms with van der Waals surface area (Å²) in [7, 11) is 5.49. The Bertz CT molecular complexity index is 84.1. The van der Waals surface area contributed by atoms with Gasteiger partial charge in [0.1, 0.15) is 0 Å². The van der Waals surface area contributed by atoms with Crippen molar-refractivity contribution in [2.24, 2.45) is 11.8 Å². The molecule has 0 aromatic heterocycles. The van der Waals surface area contributed by atoms with E-state index in [1.165, 1.54) is 6.42 Å². The molecule has 0 spiro atoms. The molecule has 0 aromatic rings. The van der Waals surface area contributed by atoms with Crippen LogP contribution in [0.2, 0.25) is 0 Å². The standard InChI is InChI=1S/C5H8BN/c6-7-2-4-1-5(4)3-7/h4-5H,1-3H2/t4-,5+. The lowest BCUT2D eigenvalue weighted by molar-refractivity contribution is 0.499. The van der Waals surface area contributed by atoms with Gasteiger partial charge in [-0.3, -0.25) is 0 Å². The van der Waals surface area contributed by atoms with E-state index in [2.05, 4.69) is 0 Å². The van der Waals surface area contributed by atoms with Crippen molar-refractivity contribution < 1.29 is 0 Å². The smallest absolute Gasteiger partial charge is 0.182 e. The molecular formula is C5H8BN. The predicted octanol–water partition coefficient (Wildman–Crippen LogP) is 0.0216. The summed E-state index contributed by atoms with van der Waals surface area (Å²) in [5.41, 5.74) is 0. The summed E-state index contributed by atoms with van der Waals surface area (Å²) in [5, 5.41) is 0. The van der Waals surface area contributed by atoms with Gasteiger partial charge in [0.15, 0.2) is 7.98 Å². The molecule has 1 saturated heterocycles. The van der Waals surface area contributed by atoms with Crippen molar-refractivity contribution in [3.63, 3.8) is 0 Å². The second-order valence-electron chi connectivity index (χ2n) is 2.71. The number of nitrogens with zero attached hydrogens (tertiary/aromatic N) is 1. The van der Waals surface area contributed by atoms with Crippen LogP contribution in [0.1, 0.15) is 6.42 Å². The lowest BCUT2D eigenvalue weighted by Gasteiger charge is -2.07. The normalized spacial score (nSPS) is 49.1. The zero-order chi connectivity index (χ0) is 4.85. The minimum absolute atomic E-state index is 0.991. The van der Waals surface area contributed by atoms with Crippen molar-refractivity contribution in [3.05, 3.63) is 0 Å². The van der Waals surface area contributed by atoms with Gasteiger partial charge in [-0.25, -0.2) is 0 Å². The third-order valence-corrected chi connectivity index (χ3v) is 2.01. The fourth-order valence-corrected chi connectivity index (χ4v) is 1.43. The second-order valence-corrected chi connectivity index (χ2v) is 2.71. The zero-order valence-electron chi connectivity index (χ0n) is 4.30. The Kier molecular flexibility index (Phi) is 0.595. The lowest BCUT2D eigenvalue weighted by Crippen LogP contribution is -2.17. The average molecular weight is 92.9 g/mol. The summed E-state index contributed by atoms with van der Waals surface area (Å²) in [6.45, 7) is 2.31. The summed E-state index contributed by atoms with van der Waals surface area (Å²) in [6, 6.07) is 0. The topological polar surface area (TPSA) is 3.24 Å². The van der Waals surface area contributed by atoms with Gasteiger partial charge >= 0.3 is 0 Å². The Morgan fingerprint density at radius 1 is 1.29 bits per heavy atom. The van der Waals surface area contributed by atoms with E-state index in [1.807, 2.05) is 4.81 Å². The first-order valence-electron chi connectivity index (χ1n) is 2.86. The van der Waals surface area contributed by atoms with Crippen molar-refractivity contribution in [3.8, 4) is 0 Å². The molecule has 0 amide bonds. The van der Waals surface area contributed by atoms with Gasteiger partial charge in [-0.05, 0) is 31.3 Å². The molecule has 2 fully saturated rings. The quantitative estimate of drug-likeness (QED) is 0.381. The molecule has 0 bridgehead atoms. The van der Waals surface area contributed by atoms with Crippen LogP contribution in [0.25, 0.3) is 0 Å². The van der Waals surface area contributed by atoms with Gasteiger partial charge < -0.3 is 4.81 Å². The minimum atomic E-state index is 0.991. The van der Waals surface area contributed by atoms with Crippen LogP contribution in [0.3, 0.4) is 0 Å². The highest BCUT2D eigenvalue weighted by atomic mass is 15.1. The van der Waals surface area contributed by atoms with Gasteiger partial charge in [-0.2, -0.15) is 0 Å². The van der Waals surface area contributed by atoms with E-state index in [4.69, 9.17) is 7.98 Å². The summed E-state index contributed by atoms with van der Waals surface area (Å²) >= 11 is 0. The van der Waals surface area contributed by atoms with Crippen molar-refractivity contribution in [1.82, 2.24) is 4.81 Å². The van der Waals surface area contributed by atoms with Crippen LogP contribution < -0.4 is 0 Å². The Morgan fingerprint density at radius 2 is 1.86 bits per heavy atom. The number of rotatable bonds is 0. The first-order chi connectivity index (χ1) is 3.36. The van der Waals surface area contributed by atoms with E-state index >= 15 is 0 Å². The maximum absolute atomic E-state index is 5.49. The van der Waals surface area contributed by atoms with Crippen LogP contribution in [-0.4, -0.2) is 25.9 Å². The molecule has 0 aromatic carbocycles. The van der Waals surface area contributed by atoms with E-state index in [9.17, 15) is 0 Å². The van der Waals surface area contributed by atoms with E-state index in [-0.39, 0.29) is 0 Å². The fraction of sp³-hybridized carbons (Fsp3) is 1.00. The third-order valence-electron chi connectivity index (χ3n) is 2.01. The largest absolute Gasteiger partial charge is 0.353 e. The molecule has 2 aliphatic rings. The molecule has 2 atom stereocenters. The van der Waals surface area contributed by atoms with Crippen LogP contribution in [0.15, 0.2) is 0 Å². The summed E-state index contributed by atoms with van der Waals surface area (Å²) in [5.74, 6) is 1.98. The molecule has 1 heterocycles. The Balaban J connectivity index is 2.02. The first kappa shape index (κ1) is 3.96. The molecule has 2 radical (unpaired) electrons. The molecule has 7 heavy (non-hydrogen) atoms. The highest BCUT2D eigenvalue weighted by Crippen LogP contribution is 2.43. The number of hydrogen-bond donors (Lipinski definition) is 0. The first-order valence-corrected chi connectivity index (χ1v) is 2.86. The fourth-order valence-electron chi connectivity index (χ4n) is 1.43. The Morgan fingerprint density at radius 3 is 2.14 bits per heavy atom. The summed E-state index contributed by atoms with van der Waals surface area (Å²) < 4.78 is 0. The van der Waals surface area contributed by atoms with Crippen LogP contribution in [0.4, 0.5) is 0 Å². The van der Waals surface area contributed by atoms with Crippen molar-refractivity contribution in [1.29, 1.82) is 0 Å². The highest BCUT2D eigenvalue weighted by molar-refractivity contribution is 6.04. The Hall–Kier alpha value is 0.0249. The third kappa shape index (κ3) is 0.496. The zero-order valence-corrected chi connectivity index (χ0v) is 4.30. The van der Waals surface area contributed by atoms with E-state index in [0.29, 0.717) is 0 Å². The summed E-state index contributed by atoms with van der Waals surface area (Å²) in [4.78, 5) is 1.93. The van der Waals surface area contributed by atoms with Gasteiger partial charge in [-0.1, -0.05) is 0 Å². The molecule has 36 valence electrons. The maximum Gasteiger partial charge on any atom is 0.182 e. The van der Waals surface area contributed by atoms with Crippen molar-refractivity contribution in [2.45, 2.75) is 6.42 Å². The molecule has 2 heteroatoms. The van der Waals surface area contributed by atoms with E-state index in [1.54, 1.807) is 0 Å². The van der Waals surface area contributed by atoms with Crippen molar-refractivity contribution in [2.75, 3.05) is 13.1 Å². The van der Waals surface area contributed by atoms with Gasteiger partial charge in [0.25, 0.3) is 0 Å². The average Bonchev–Trinajstić information content (AvgIpc) is 2.15. The molecule has 1 aliphatic carbocycles. The molecule has 2 rings (SSSR count). The predicted molar refractivity (Wildman–Crippen MR) is 28.9 cm³/mol. The lowest BCUT2D eigenvalue weighted by atomic mass is 10.3. The molecule has 0 N–H and O–H groups in total. The SMILES string of the molecule is [B]N1C[C@H]2C[C@H]2C1. The molecule has 1 aliphatic heterocycles. The van der Waals surface area contributed by atoms with Crippen LogP contribution in [0, 0.1) is 11.8 Å². The summed E-state index contributed by atoms with van der Waals surface area (Å²) in [6.07, 6.45) is 1.45. The number of fused-ring (bicyclic) bond motifs is 1. The van der Waals surface area contributed by atoms with Crippen LogP contribution in [-0.2, 0) is 0 Å². The van der Waals surface area contributed by atoms with Crippen LogP contribution in [0.5, 0.6) is 0 Å². The maximum atomic E-state index is 5.49. The van der Waals surface area contributed by atoms with Gasteiger partial charge in [0, 0.05) is 0 Å². The van der Waals surface area contributed by atoms with Gasteiger partial charge in [-0.15, -0.1) is 0 Å². The van der Waals surface area contributed by atoms with E-state index < -0.39 is 0 Å². The van der Waals surface area contributed by atoms with Crippen molar-refractivity contribution >= 4 is 7.98 Å². The molecular weight excluding hydrogens is 84.9 g/mol. The monoisotopic (exact) mass is 93.1 g/mol. The highest BCUT2D eigenvalue weighted by Gasteiger charge is 2.42. The second kappa shape index (κ2) is 1.05. The Labute approximate surface area is 45.1 Å². The van der Waals surface area contributed by atoms with E-state index in [0.717, 1.165) is 24.9 Å². The van der Waals surface area contributed by atoms with Gasteiger partial charge in [0.05, 0.1) is 0 Å². The molecule has 1 saturated carbocycles. The minimum Gasteiger partial charge on any atom is -0.353 e. The molecule has 1 nitrogen and oxygen atoms in total. The number of piperidine rings is 1. The molecule has 0 unspecified atom stereocenters. The van der Waals surface area contributed by atoms with Gasteiger partial charge in [0.2, 0.25) is 0 Å². The number of hydrogen-bond acceptors (Lipinski definition) is 1.